The number of hydrogen-bond acceptors (Lipinski definition) is 2. The van der Waals surface area contributed by atoms with Gasteiger partial charge in [-0.3, -0.25) is 9.36 Å². The van der Waals surface area contributed by atoms with Crippen molar-refractivity contribution in [3.05, 3.63) is 74.6 Å². The van der Waals surface area contributed by atoms with Gasteiger partial charge in [0.25, 0.3) is 5.56 Å². The van der Waals surface area contributed by atoms with E-state index in [2.05, 4.69) is 0 Å². The summed E-state index contributed by atoms with van der Waals surface area (Å²) >= 11 is 12.8. The van der Waals surface area contributed by atoms with Crippen LogP contribution in [-0.4, -0.2) is 4.57 Å². The van der Waals surface area contributed by atoms with Crippen LogP contribution in [0.4, 0.5) is 0 Å². The summed E-state index contributed by atoms with van der Waals surface area (Å²) in [6.45, 7) is 1.80. The summed E-state index contributed by atoms with van der Waals surface area (Å²) in [6, 6.07) is 14.1. The molecule has 112 valence electrons. The Morgan fingerprint density at radius 2 is 1.73 bits per heavy atom. The molecule has 0 bridgehead atoms. The molecule has 0 spiro atoms. The van der Waals surface area contributed by atoms with Crippen molar-refractivity contribution in [2.45, 2.75) is 13.0 Å². The van der Waals surface area contributed by atoms with Crippen LogP contribution in [-0.2, 0) is 0 Å². The van der Waals surface area contributed by atoms with E-state index in [0.717, 1.165) is 0 Å². The molecule has 0 saturated heterocycles. The summed E-state index contributed by atoms with van der Waals surface area (Å²) < 4.78 is 1.54. The van der Waals surface area contributed by atoms with E-state index < -0.39 is 6.04 Å². The lowest BCUT2D eigenvalue weighted by atomic mass is 10.1. The molecule has 1 heterocycles. The molecule has 22 heavy (non-hydrogen) atoms. The van der Waals surface area contributed by atoms with Gasteiger partial charge in [-0.1, -0.05) is 53.5 Å². The minimum atomic E-state index is -0.399. The lowest BCUT2D eigenvalue weighted by Gasteiger charge is -2.19. The first-order chi connectivity index (χ1) is 10.5. The SMILES string of the molecule is CC(N)c1c(Cl)c2cccc(Cl)c2c(=O)n1-c1ccccc1. The van der Waals surface area contributed by atoms with Crippen LogP contribution in [0.1, 0.15) is 18.7 Å². The maximum absolute atomic E-state index is 13.0. The molecule has 0 aliphatic rings. The van der Waals surface area contributed by atoms with Gasteiger partial charge in [-0.25, -0.2) is 0 Å². The Bertz CT molecular complexity index is 902. The molecule has 1 aromatic heterocycles. The smallest absolute Gasteiger partial charge is 0.264 e. The minimum absolute atomic E-state index is 0.219. The lowest BCUT2D eigenvalue weighted by molar-refractivity contribution is 0.735. The number of halogens is 2. The average Bonchev–Trinajstić information content (AvgIpc) is 2.50. The van der Waals surface area contributed by atoms with Crippen LogP contribution in [0.25, 0.3) is 16.5 Å². The molecule has 1 unspecified atom stereocenters. The van der Waals surface area contributed by atoms with Gasteiger partial charge in [0, 0.05) is 17.1 Å². The van der Waals surface area contributed by atoms with E-state index in [1.54, 1.807) is 29.7 Å². The van der Waals surface area contributed by atoms with E-state index in [1.807, 2.05) is 30.3 Å². The average molecular weight is 333 g/mol. The highest BCUT2D eigenvalue weighted by atomic mass is 35.5. The van der Waals surface area contributed by atoms with E-state index in [9.17, 15) is 4.79 Å². The Balaban J connectivity index is 2.55. The molecule has 0 aliphatic heterocycles. The molecule has 3 rings (SSSR count). The molecule has 0 radical (unpaired) electrons. The van der Waals surface area contributed by atoms with Crippen molar-refractivity contribution >= 4 is 34.0 Å². The fourth-order valence-corrected chi connectivity index (χ4v) is 3.29. The number of fused-ring (bicyclic) bond motifs is 1. The maximum atomic E-state index is 13.0. The Kier molecular flexibility index (Phi) is 3.96. The zero-order valence-electron chi connectivity index (χ0n) is 11.9. The zero-order chi connectivity index (χ0) is 15.9. The lowest BCUT2D eigenvalue weighted by Crippen LogP contribution is -2.26. The summed E-state index contributed by atoms with van der Waals surface area (Å²) in [7, 11) is 0. The molecule has 3 nitrogen and oxygen atoms in total. The van der Waals surface area contributed by atoms with Gasteiger partial charge in [0.1, 0.15) is 0 Å². The van der Waals surface area contributed by atoms with E-state index in [1.165, 1.54) is 0 Å². The van der Waals surface area contributed by atoms with Crippen molar-refractivity contribution in [1.82, 2.24) is 4.57 Å². The normalized spacial score (nSPS) is 12.5. The number of rotatable bonds is 2. The summed E-state index contributed by atoms with van der Waals surface area (Å²) in [5.74, 6) is 0. The fourth-order valence-electron chi connectivity index (χ4n) is 2.62. The Labute approximate surface area is 137 Å². The van der Waals surface area contributed by atoms with Gasteiger partial charge in [-0.2, -0.15) is 0 Å². The van der Waals surface area contributed by atoms with Crippen LogP contribution in [0.3, 0.4) is 0 Å². The number of para-hydroxylation sites is 1. The predicted molar refractivity (Wildman–Crippen MR) is 92.2 cm³/mol. The van der Waals surface area contributed by atoms with E-state index in [-0.39, 0.29) is 5.56 Å². The molecule has 2 aromatic carbocycles. The zero-order valence-corrected chi connectivity index (χ0v) is 13.4. The minimum Gasteiger partial charge on any atom is -0.323 e. The predicted octanol–water partition coefficient (Wildman–Crippen LogP) is 4.32. The second-order valence-corrected chi connectivity index (χ2v) is 5.91. The molecule has 2 N–H and O–H groups in total. The number of nitrogens with zero attached hydrogens (tertiary/aromatic N) is 1. The highest BCUT2D eigenvalue weighted by molar-refractivity contribution is 6.39. The van der Waals surface area contributed by atoms with Crippen molar-refractivity contribution in [1.29, 1.82) is 0 Å². The molecular formula is C17H14Cl2N2O. The van der Waals surface area contributed by atoms with Gasteiger partial charge in [-0.05, 0) is 25.1 Å². The molecule has 0 aliphatic carbocycles. The number of pyridine rings is 1. The number of benzene rings is 2. The van der Waals surface area contributed by atoms with E-state index in [4.69, 9.17) is 28.9 Å². The summed E-state index contributed by atoms with van der Waals surface area (Å²) in [5.41, 5.74) is 7.14. The second-order valence-electron chi connectivity index (χ2n) is 5.13. The summed E-state index contributed by atoms with van der Waals surface area (Å²) in [4.78, 5) is 13.0. The number of nitrogens with two attached hydrogens (primary N) is 1. The monoisotopic (exact) mass is 332 g/mol. The fraction of sp³-hybridized carbons (Fsp3) is 0.118. The number of hydrogen-bond donors (Lipinski definition) is 1. The Morgan fingerprint density at radius 1 is 1.05 bits per heavy atom. The van der Waals surface area contributed by atoms with Crippen LogP contribution < -0.4 is 11.3 Å². The largest absolute Gasteiger partial charge is 0.323 e. The summed E-state index contributed by atoms with van der Waals surface area (Å²) in [6.07, 6.45) is 0. The molecule has 1 atom stereocenters. The molecule has 5 heteroatoms. The van der Waals surface area contributed by atoms with Gasteiger partial charge >= 0.3 is 0 Å². The van der Waals surface area contributed by atoms with Crippen LogP contribution in [0.5, 0.6) is 0 Å². The summed E-state index contributed by atoms with van der Waals surface area (Å²) in [5, 5.41) is 1.86. The van der Waals surface area contributed by atoms with E-state index >= 15 is 0 Å². The molecule has 0 fully saturated rings. The third kappa shape index (κ3) is 2.31. The molecule has 0 saturated carbocycles. The first-order valence-corrected chi connectivity index (χ1v) is 7.61. The third-order valence-electron chi connectivity index (χ3n) is 3.58. The van der Waals surface area contributed by atoms with Crippen molar-refractivity contribution < 1.29 is 0 Å². The first kappa shape index (κ1) is 15.1. The van der Waals surface area contributed by atoms with Crippen molar-refractivity contribution in [3.63, 3.8) is 0 Å². The van der Waals surface area contributed by atoms with Gasteiger partial charge in [0.05, 0.1) is 21.1 Å². The van der Waals surface area contributed by atoms with Crippen LogP contribution in [0, 0.1) is 0 Å². The Hall–Kier alpha value is -1.81. The van der Waals surface area contributed by atoms with Gasteiger partial charge < -0.3 is 5.73 Å². The first-order valence-electron chi connectivity index (χ1n) is 6.86. The van der Waals surface area contributed by atoms with Gasteiger partial charge in [-0.15, -0.1) is 0 Å². The van der Waals surface area contributed by atoms with Gasteiger partial charge in [0.15, 0.2) is 0 Å². The quantitative estimate of drug-likeness (QED) is 0.759. The molecule has 3 aromatic rings. The second kappa shape index (κ2) is 5.76. The standard InChI is InChI=1S/C17H14Cl2N2O/c1-10(20)16-15(19)12-8-5-9-13(18)14(12)17(22)21(16)11-6-3-2-4-7-11/h2-10H,20H2,1H3. The van der Waals surface area contributed by atoms with Crippen LogP contribution in [0.15, 0.2) is 53.3 Å². The van der Waals surface area contributed by atoms with E-state index in [0.29, 0.717) is 32.2 Å². The van der Waals surface area contributed by atoms with Crippen LogP contribution >= 0.6 is 23.2 Å². The number of aromatic nitrogens is 1. The highest BCUT2D eigenvalue weighted by Gasteiger charge is 2.20. The molecule has 0 amide bonds. The Morgan fingerprint density at radius 3 is 2.36 bits per heavy atom. The van der Waals surface area contributed by atoms with Crippen molar-refractivity contribution in [2.75, 3.05) is 0 Å². The highest BCUT2D eigenvalue weighted by Crippen LogP contribution is 2.32. The van der Waals surface area contributed by atoms with Crippen molar-refractivity contribution in [3.8, 4) is 5.69 Å². The maximum Gasteiger partial charge on any atom is 0.264 e. The van der Waals surface area contributed by atoms with Crippen LogP contribution in [0.2, 0.25) is 10.0 Å². The topological polar surface area (TPSA) is 48.0 Å². The molecular weight excluding hydrogens is 319 g/mol. The third-order valence-corrected chi connectivity index (χ3v) is 4.29. The van der Waals surface area contributed by atoms with Gasteiger partial charge in [0.2, 0.25) is 0 Å². The van der Waals surface area contributed by atoms with Crippen molar-refractivity contribution in [2.24, 2.45) is 5.73 Å².